The van der Waals surface area contributed by atoms with Crippen molar-refractivity contribution in [2.45, 2.75) is 64.4 Å². The van der Waals surface area contributed by atoms with Gasteiger partial charge in [-0.3, -0.25) is 9.36 Å². The zero-order valence-electron chi connectivity index (χ0n) is 18.5. The average molecular weight is 456 g/mol. The topological polar surface area (TPSA) is 117 Å². The molecule has 1 aliphatic heterocycles. The first kappa shape index (κ1) is 23.6. The molecule has 172 valence electrons. The number of pyridine rings is 1. The van der Waals surface area contributed by atoms with Gasteiger partial charge >= 0.3 is 0 Å². The second kappa shape index (κ2) is 8.44. The Labute approximate surface area is 181 Å². The van der Waals surface area contributed by atoms with E-state index in [2.05, 4.69) is 15.3 Å². The van der Waals surface area contributed by atoms with Crippen molar-refractivity contribution in [3.63, 3.8) is 0 Å². The minimum Gasteiger partial charge on any atom is -0.388 e. The largest absolute Gasteiger partial charge is 0.388 e. The van der Waals surface area contributed by atoms with Crippen molar-refractivity contribution < 1.29 is 17.9 Å². The van der Waals surface area contributed by atoms with Gasteiger partial charge < -0.3 is 10.4 Å². The molecule has 0 radical (unpaired) electrons. The predicted molar refractivity (Wildman–Crippen MR) is 117 cm³/mol. The number of halogens is 1. The molecule has 2 aromatic rings. The van der Waals surface area contributed by atoms with Crippen LogP contribution in [-0.2, 0) is 10.0 Å². The van der Waals surface area contributed by atoms with Crippen LogP contribution in [-0.4, -0.2) is 63.4 Å². The van der Waals surface area contributed by atoms with Crippen molar-refractivity contribution in [1.82, 2.24) is 18.8 Å². The van der Waals surface area contributed by atoms with Crippen molar-refractivity contribution in [2.24, 2.45) is 0 Å². The standard InChI is InChI=1S/C20H30FN5O4S/c1-12(21)16-10-14-11-22-19(23-15-6-8-25(9-7-15)31(5,29)30)24-17(14)26(18(16)27)13(2)20(3,4)28/h10-13,15,28H,6-9H2,1-5H3,(H,22,23,24)/t12?,13-/m1/s1. The van der Waals surface area contributed by atoms with E-state index in [0.717, 1.165) is 0 Å². The fraction of sp³-hybridized carbons (Fsp3) is 0.650. The molecule has 0 aromatic carbocycles. The molecule has 2 atom stereocenters. The van der Waals surface area contributed by atoms with Gasteiger partial charge in [0.25, 0.3) is 5.56 Å². The molecule has 0 bridgehead atoms. The first-order chi connectivity index (χ1) is 14.3. The summed E-state index contributed by atoms with van der Waals surface area (Å²) < 4.78 is 40.2. The van der Waals surface area contributed by atoms with Crippen LogP contribution in [0.2, 0.25) is 0 Å². The molecule has 1 aliphatic rings. The van der Waals surface area contributed by atoms with E-state index >= 15 is 0 Å². The van der Waals surface area contributed by atoms with Gasteiger partial charge in [-0.1, -0.05) is 0 Å². The third-order valence-electron chi connectivity index (χ3n) is 5.90. The molecule has 0 saturated carbocycles. The number of hydrogen-bond donors (Lipinski definition) is 2. The first-order valence-electron chi connectivity index (χ1n) is 10.3. The second-order valence-electron chi connectivity index (χ2n) is 8.77. The number of piperidine rings is 1. The monoisotopic (exact) mass is 455 g/mol. The smallest absolute Gasteiger partial charge is 0.258 e. The average Bonchev–Trinajstić information content (AvgIpc) is 2.66. The molecular formula is C20H30FN5O4S. The van der Waals surface area contributed by atoms with Crippen molar-refractivity contribution >= 4 is 27.0 Å². The third-order valence-corrected chi connectivity index (χ3v) is 7.20. The summed E-state index contributed by atoms with van der Waals surface area (Å²) in [5, 5.41) is 14.2. The third kappa shape index (κ3) is 5.04. The fourth-order valence-electron chi connectivity index (χ4n) is 3.69. The molecule has 3 rings (SSSR count). The SMILES string of the molecule is CC(F)c1cc2cnc(NC3CCN(S(C)(=O)=O)CC3)nc2n([C@H](C)C(C)(C)O)c1=O. The van der Waals surface area contributed by atoms with E-state index in [9.17, 15) is 22.7 Å². The molecule has 0 aliphatic carbocycles. The number of hydrogen-bond acceptors (Lipinski definition) is 7. The zero-order chi connectivity index (χ0) is 23.1. The van der Waals surface area contributed by atoms with Crippen molar-refractivity contribution in [3.05, 3.63) is 28.2 Å². The van der Waals surface area contributed by atoms with Gasteiger partial charge in [0, 0.05) is 30.7 Å². The molecule has 9 nitrogen and oxygen atoms in total. The number of anilines is 1. The Morgan fingerprint density at radius 2 is 1.90 bits per heavy atom. The fourth-order valence-corrected chi connectivity index (χ4v) is 4.56. The number of alkyl halides is 1. The van der Waals surface area contributed by atoms with Crippen molar-refractivity contribution in [2.75, 3.05) is 24.7 Å². The van der Waals surface area contributed by atoms with Crippen LogP contribution < -0.4 is 10.9 Å². The van der Waals surface area contributed by atoms with Gasteiger partial charge in [0.15, 0.2) is 0 Å². The number of rotatable bonds is 6. The van der Waals surface area contributed by atoms with Crippen LogP contribution in [0.15, 0.2) is 17.1 Å². The summed E-state index contributed by atoms with van der Waals surface area (Å²) >= 11 is 0. The quantitative estimate of drug-likeness (QED) is 0.684. The number of fused-ring (bicyclic) bond motifs is 1. The molecule has 2 N–H and O–H groups in total. The molecule has 31 heavy (non-hydrogen) atoms. The van der Waals surface area contributed by atoms with Crippen LogP contribution in [0.3, 0.4) is 0 Å². The maximum atomic E-state index is 14.1. The highest BCUT2D eigenvalue weighted by atomic mass is 32.2. The molecule has 1 unspecified atom stereocenters. The highest BCUT2D eigenvalue weighted by molar-refractivity contribution is 7.88. The van der Waals surface area contributed by atoms with E-state index in [4.69, 9.17) is 0 Å². The lowest BCUT2D eigenvalue weighted by atomic mass is 9.99. The summed E-state index contributed by atoms with van der Waals surface area (Å²) in [6.45, 7) is 6.95. The van der Waals surface area contributed by atoms with E-state index < -0.39 is 33.4 Å². The van der Waals surface area contributed by atoms with Gasteiger partial charge in [0.05, 0.1) is 23.5 Å². The van der Waals surface area contributed by atoms with Crippen LogP contribution in [0.1, 0.15) is 58.3 Å². The summed E-state index contributed by atoms with van der Waals surface area (Å²) in [6, 6.07) is 0.763. The Bertz CT molecular complexity index is 1120. The summed E-state index contributed by atoms with van der Waals surface area (Å²) in [7, 11) is -3.21. The highest BCUT2D eigenvalue weighted by Crippen LogP contribution is 2.27. The van der Waals surface area contributed by atoms with E-state index in [-0.39, 0.29) is 11.6 Å². The second-order valence-corrected chi connectivity index (χ2v) is 10.8. The van der Waals surface area contributed by atoms with Gasteiger partial charge in [-0.2, -0.15) is 4.98 Å². The summed E-state index contributed by atoms with van der Waals surface area (Å²) in [5.41, 5.74) is -1.49. The van der Waals surface area contributed by atoms with Gasteiger partial charge in [0.1, 0.15) is 11.8 Å². The number of nitrogens with zero attached hydrogens (tertiary/aromatic N) is 4. The lowest BCUT2D eigenvalue weighted by molar-refractivity contribution is 0.0305. The Morgan fingerprint density at radius 1 is 1.29 bits per heavy atom. The minimum atomic E-state index is -3.21. The van der Waals surface area contributed by atoms with E-state index in [1.54, 1.807) is 20.8 Å². The lowest BCUT2D eigenvalue weighted by Crippen LogP contribution is -2.42. The van der Waals surface area contributed by atoms with Crippen LogP contribution >= 0.6 is 0 Å². The Morgan fingerprint density at radius 3 is 2.42 bits per heavy atom. The normalized spacial score (nSPS) is 18.8. The summed E-state index contributed by atoms with van der Waals surface area (Å²) in [6.07, 6.45) is 2.44. The Hall–Kier alpha value is -2.11. The maximum Gasteiger partial charge on any atom is 0.258 e. The first-order valence-corrected chi connectivity index (χ1v) is 12.1. The summed E-state index contributed by atoms with van der Waals surface area (Å²) in [4.78, 5) is 21.8. The van der Waals surface area contributed by atoms with Crippen LogP contribution in [0.5, 0.6) is 0 Å². The Kier molecular flexibility index (Phi) is 6.41. The van der Waals surface area contributed by atoms with Gasteiger partial charge in [-0.25, -0.2) is 22.1 Å². The van der Waals surface area contributed by atoms with Gasteiger partial charge in [-0.15, -0.1) is 0 Å². The van der Waals surface area contributed by atoms with E-state index in [1.807, 2.05) is 0 Å². The molecular weight excluding hydrogens is 425 g/mol. The van der Waals surface area contributed by atoms with Gasteiger partial charge in [0.2, 0.25) is 16.0 Å². The van der Waals surface area contributed by atoms with Crippen molar-refractivity contribution in [1.29, 1.82) is 0 Å². The Balaban J connectivity index is 1.98. The molecule has 1 saturated heterocycles. The summed E-state index contributed by atoms with van der Waals surface area (Å²) in [5.74, 6) is 0.294. The molecule has 0 spiro atoms. The zero-order valence-corrected chi connectivity index (χ0v) is 19.3. The molecule has 11 heteroatoms. The van der Waals surface area contributed by atoms with Crippen LogP contribution in [0, 0.1) is 0 Å². The minimum absolute atomic E-state index is 0.0129. The highest BCUT2D eigenvalue weighted by Gasteiger charge is 2.29. The number of aliphatic hydroxyl groups is 1. The number of aromatic nitrogens is 3. The van der Waals surface area contributed by atoms with E-state index in [1.165, 1.54) is 34.3 Å². The maximum absolute atomic E-state index is 14.1. The molecule has 3 heterocycles. The van der Waals surface area contributed by atoms with Crippen LogP contribution in [0.4, 0.5) is 10.3 Å². The van der Waals surface area contributed by atoms with Crippen LogP contribution in [0.25, 0.3) is 11.0 Å². The molecule has 2 aromatic heterocycles. The number of nitrogens with one attached hydrogen (secondary N) is 1. The lowest BCUT2D eigenvalue weighted by Gasteiger charge is -2.31. The van der Waals surface area contributed by atoms with Gasteiger partial charge in [-0.05, 0) is 46.6 Å². The number of sulfonamides is 1. The van der Waals surface area contributed by atoms with E-state index in [0.29, 0.717) is 42.9 Å². The molecule has 0 amide bonds. The molecule has 1 fully saturated rings. The predicted octanol–water partition coefficient (Wildman–Crippen LogP) is 1.99. The van der Waals surface area contributed by atoms with Crippen molar-refractivity contribution in [3.8, 4) is 0 Å².